The second kappa shape index (κ2) is 13.9. The van der Waals surface area contributed by atoms with Gasteiger partial charge in [0.15, 0.2) is 6.10 Å². The zero-order valence-electron chi connectivity index (χ0n) is 13.7. The fraction of sp³-hybridized carbons (Fsp3) is 0.875. The zero-order valence-corrected chi connectivity index (χ0v) is 13.7. The van der Waals surface area contributed by atoms with Gasteiger partial charge in [-0.05, 0) is 19.3 Å². The first-order valence-corrected chi connectivity index (χ1v) is 8.09. The Bertz CT molecular complexity index is 278. The van der Waals surface area contributed by atoms with Gasteiger partial charge in [-0.1, -0.05) is 40.0 Å². The number of carbonyl (C=O) groups excluding carboxylic acids is 2. The number of esters is 2. The van der Waals surface area contributed by atoms with Gasteiger partial charge in [0.1, 0.15) is 0 Å². The Labute approximate surface area is 128 Å². The number of hydrogen-bond donors (Lipinski definition) is 0. The van der Waals surface area contributed by atoms with Gasteiger partial charge in [0.2, 0.25) is 0 Å². The summed E-state index contributed by atoms with van der Waals surface area (Å²) < 4.78 is 15.7. The quantitative estimate of drug-likeness (QED) is 0.386. The van der Waals surface area contributed by atoms with Crippen molar-refractivity contribution in [1.82, 2.24) is 0 Å². The van der Waals surface area contributed by atoms with Crippen LogP contribution in [0.25, 0.3) is 0 Å². The average Bonchev–Trinajstić information content (AvgIpc) is 2.47. The van der Waals surface area contributed by atoms with E-state index >= 15 is 0 Å². The molecule has 0 aromatic rings. The van der Waals surface area contributed by atoms with Crippen molar-refractivity contribution in [1.29, 1.82) is 0 Å². The van der Waals surface area contributed by atoms with Crippen molar-refractivity contribution < 1.29 is 23.8 Å². The van der Waals surface area contributed by atoms with Crippen LogP contribution in [0.15, 0.2) is 0 Å². The van der Waals surface area contributed by atoms with Crippen LogP contribution in [0.3, 0.4) is 0 Å². The summed E-state index contributed by atoms with van der Waals surface area (Å²) in [5.74, 6) is -0.871. The van der Waals surface area contributed by atoms with E-state index in [0.29, 0.717) is 19.8 Å². The lowest BCUT2D eigenvalue weighted by Gasteiger charge is -2.16. The molecule has 0 aliphatic heterocycles. The number of rotatable bonds is 13. The molecule has 0 aliphatic rings. The average molecular weight is 302 g/mol. The Balaban J connectivity index is 4.22. The van der Waals surface area contributed by atoms with E-state index < -0.39 is 18.0 Å². The third-order valence-electron chi connectivity index (χ3n) is 2.94. The number of ether oxygens (including phenoxy) is 3. The second-order valence-corrected chi connectivity index (χ2v) is 5.01. The van der Waals surface area contributed by atoms with Crippen LogP contribution in [0.1, 0.15) is 65.7 Å². The molecule has 0 aliphatic carbocycles. The van der Waals surface area contributed by atoms with Gasteiger partial charge in [-0.25, -0.2) is 4.79 Å². The van der Waals surface area contributed by atoms with Crippen LogP contribution in [-0.2, 0) is 23.8 Å². The minimum atomic E-state index is -0.845. The predicted octanol–water partition coefficient (Wildman–Crippen LogP) is 3.25. The third kappa shape index (κ3) is 11.3. The maximum Gasteiger partial charge on any atom is 0.335 e. The molecule has 0 saturated heterocycles. The van der Waals surface area contributed by atoms with Crippen LogP contribution in [0, 0.1) is 0 Å². The zero-order chi connectivity index (χ0) is 15.9. The molecule has 0 aromatic carbocycles. The molecule has 0 spiro atoms. The van der Waals surface area contributed by atoms with Crippen molar-refractivity contribution in [3.63, 3.8) is 0 Å². The van der Waals surface area contributed by atoms with E-state index in [2.05, 4.69) is 0 Å². The molecule has 5 nitrogen and oxygen atoms in total. The fourth-order valence-electron chi connectivity index (χ4n) is 1.53. The molecule has 0 saturated carbocycles. The highest BCUT2D eigenvalue weighted by Gasteiger charge is 2.24. The molecule has 0 N–H and O–H groups in total. The molecular weight excluding hydrogens is 272 g/mol. The van der Waals surface area contributed by atoms with E-state index in [1.54, 1.807) is 0 Å². The molecule has 21 heavy (non-hydrogen) atoms. The molecule has 5 heteroatoms. The van der Waals surface area contributed by atoms with Gasteiger partial charge in [-0.3, -0.25) is 4.79 Å². The lowest BCUT2D eigenvalue weighted by Crippen LogP contribution is -2.30. The smallest absolute Gasteiger partial charge is 0.335 e. The van der Waals surface area contributed by atoms with Crippen molar-refractivity contribution in [3.8, 4) is 0 Å². The third-order valence-corrected chi connectivity index (χ3v) is 2.94. The minimum absolute atomic E-state index is 0.0710. The standard InChI is InChI=1S/C16H30O5/c1-4-7-10-19-14(16(18)21-12-9-6-3)13-15(17)20-11-8-5-2/h14H,4-13H2,1-3H3/t14-/m1/s1. The van der Waals surface area contributed by atoms with Crippen LogP contribution in [0.2, 0.25) is 0 Å². The van der Waals surface area contributed by atoms with E-state index in [1.165, 1.54) is 0 Å². The van der Waals surface area contributed by atoms with Gasteiger partial charge in [0.05, 0.1) is 19.6 Å². The van der Waals surface area contributed by atoms with Gasteiger partial charge >= 0.3 is 11.9 Å². The number of unbranched alkanes of at least 4 members (excludes halogenated alkanes) is 3. The summed E-state index contributed by atoms with van der Waals surface area (Å²) in [7, 11) is 0. The highest BCUT2D eigenvalue weighted by atomic mass is 16.6. The van der Waals surface area contributed by atoms with Crippen LogP contribution in [-0.4, -0.2) is 37.9 Å². The van der Waals surface area contributed by atoms with Crippen LogP contribution >= 0.6 is 0 Å². The van der Waals surface area contributed by atoms with E-state index in [9.17, 15) is 9.59 Å². The monoisotopic (exact) mass is 302 g/mol. The second-order valence-electron chi connectivity index (χ2n) is 5.01. The molecule has 0 amide bonds. The van der Waals surface area contributed by atoms with Gasteiger partial charge in [0.25, 0.3) is 0 Å². The van der Waals surface area contributed by atoms with Crippen LogP contribution in [0.4, 0.5) is 0 Å². The van der Waals surface area contributed by atoms with E-state index in [-0.39, 0.29) is 6.42 Å². The van der Waals surface area contributed by atoms with Gasteiger partial charge in [-0.15, -0.1) is 0 Å². The fourth-order valence-corrected chi connectivity index (χ4v) is 1.53. The Hall–Kier alpha value is -1.10. The molecule has 0 fully saturated rings. The lowest BCUT2D eigenvalue weighted by molar-refractivity contribution is -0.164. The summed E-state index contributed by atoms with van der Waals surface area (Å²) in [4.78, 5) is 23.6. The summed E-state index contributed by atoms with van der Waals surface area (Å²) in [6.07, 6.45) is 4.46. The summed E-state index contributed by atoms with van der Waals surface area (Å²) in [6.45, 7) is 7.29. The van der Waals surface area contributed by atoms with Gasteiger partial charge in [-0.2, -0.15) is 0 Å². The Kier molecular flexibility index (Phi) is 13.1. The van der Waals surface area contributed by atoms with Crippen LogP contribution in [0.5, 0.6) is 0 Å². The SMILES string of the molecule is CCCCOC(=O)C[C@@H](OCCCC)C(=O)OCCCC. The van der Waals surface area contributed by atoms with E-state index in [4.69, 9.17) is 14.2 Å². The van der Waals surface area contributed by atoms with Gasteiger partial charge in [0, 0.05) is 6.61 Å². The normalized spacial score (nSPS) is 12.0. The number of hydrogen-bond acceptors (Lipinski definition) is 5. The summed E-state index contributed by atoms with van der Waals surface area (Å²) >= 11 is 0. The highest BCUT2D eigenvalue weighted by Crippen LogP contribution is 2.07. The predicted molar refractivity (Wildman–Crippen MR) is 81.0 cm³/mol. The Morgan fingerprint density at radius 2 is 1.33 bits per heavy atom. The summed E-state index contributed by atoms with van der Waals surface area (Å²) in [6, 6.07) is 0. The topological polar surface area (TPSA) is 61.8 Å². The van der Waals surface area contributed by atoms with Crippen molar-refractivity contribution in [2.24, 2.45) is 0 Å². The van der Waals surface area contributed by atoms with Crippen molar-refractivity contribution in [3.05, 3.63) is 0 Å². The molecule has 0 heterocycles. The summed E-state index contributed by atoms with van der Waals surface area (Å²) in [5.41, 5.74) is 0. The largest absolute Gasteiger partial charge is 0.466 e. The Morgan fingerprint density at radius 3 is 1.90 bits per heavy atom. The van der Waals surface area contributed by atoms with Crippen molar-refractivity contribution in [2.75, 3.05) is 19.8 Å². The van der Waals surface area contributed by atoms with E-state index in [0.717, 1.165) is 38.5 Å². The molecule has 0 rings (SSSR count). The molecule has 1 atom stereocenters. The molecule has 0 aromatic heterocycles. The first kappa shape index (κ1) is 19.9. The maximum atomic E-state index is 11.9. The van der Waals surface area contributed by atoms with Crippen molar-refractivity contribution in [2.45, 2.75) is 71.8 Å². The summed E-state index contributed by atoms with van der Waals surface area (Å²) in [5, 5.41) is 0. The lowest BCUT2D eigenvalue weighted by atomic mass is 10.2. The first-order chi connectivity index (χ1) is 10.2. The molecule has 0 bridgehead atoms. The maximum absolute atomic E-state index is 11.9. The van der Waals surface area contributed by atoms with Gasteiger partial charge < -0.3 is 14.2 Å². The highest BCUT2D eigenvalue weighted by molar-refractivity contribution is 5.81. The van der Waals surface area contributed by atoms with Crippen molar-refractivity contribution >= 4 is 11.9 Å². The Morgan fingerprint density at radius 1 is 0.810 bits per heavy atom. The molecule has 0 radical (unpaired) electrons. The molecule has 124 valence electrons. The molecular formula is C16H30O5. The van der Waals surface area contributed by atoms with Crippen LogP contribution < -0.4 is 0 Å². The minimum Gasteiger partial charge on any atom is -0.466 e. The van der Waals surface area contributed by atoms with E-state index in [1.807, 2.05) is 20.8 Å². The number of carbonyl (C=O) groups is 2. The first-order valence-electron chi connectivity index (χ1n) is 8.09. The molecule has 0 unspecified atom stereocenters.